The lowest BCUT2D eigenvalue weighted by Crippen LogP contribution is -2.53. The molecule has 0 spiro atoms. The van der Waals surface area contributed by atoms with Crippen molar-refractivity contribution in [1.82, 2.24) is 10.6 Å². The summed E-state index contributed by atoms with van der Waals surface area (Å²) >= 11 is 0. The van der Waals surface area contributed by atoms with E-state index in [0.717, 1.165) is 22.3 Å². The number of carbonyl (C=O) groups is 3. The standard InChI is InChI=1S/C25H27F3N2O5/c1-14(2)11-20(23(32)33)29-22(31)21(12-25(26,27)28)30-24(34)35-13-19-17-9-5-3-7-15(17)16-8-4-6-10-18(16)19/h3-10,14,19-21H,11-13H2,1-2H3,(H,29,31)(H,30,34)(H,32,33)/t20-,21?/m0/s1. The second-order valence-electron chi connectivity index (χ2n) is 8.87. The van der Waals surface area contributed by atoms with Gasteiger partial charge in [-0.2, -0.15) is 13.2 Å². The number of carboxylic acids is 1. The number of amides is 2. The number of rotatable bonds is 9. The Morgan fingerprint density at radius 2 is 1.49 bits per heavy atom. The first kappa shape index (κ1) is 26.1. The lowest BCUT2D eigenvalue weighted by molar-refractivity contribution is -0.151. The zero-order valence-electron chi connectivity index (χ0n) is 19.3. The number of alkyl carbamates (subject to hydrolysis) is 1. The van der Waals surface area contributed by atoms with Crippen LogP contribution in [0, 0.1) is 5.92 Å². The Morgan fingerprint density at radius 1 is 0.943 bits per heavy atom. The second-order valence-corrected chi connectivity index (χ2v) is 8.87. The van der Waals surface area contributed by atoms with Crippen molar-refractivity contribution in [1.29, 1.82) is 0 Å². The maximum atomic E-state index is 13.1. The first-order valence-corrected chi connectivity index (χ1v) is 11.2. The van der Waals surface area contributed by atoms with Crippen LogP contribution in [0.4, 0.5) is 18.0 Å². The fraction of sp³-hybridized carbons (Fsp3) is 0.400. The summed E-state index contributed by atoms with van der Waals surface area (Å²) < 4.78 is 44.5. The fourth-order valence-electron chi connectivity index (χ4n) is 4.19. The number of hydrogen-bond acceptors (Lipinski definition) is 4. The summed E-state index contributed by atoms with van der Waals surface area (Å²) in [4.78, 5) is 36.3. The lowest BCUT2D eigenvalue weighted by Gasteiger charge is -2.23. The second kappa shape index (κ2) is 10.8. The third-order valence-electron chi connectivity index (χ3n) is 5.71. The number of ether oxygens (including phenoxy) is 1. The molecule has 3 rings (SSSR count). The third kappa shape index (κ3) is 6.74. The van der Waals surface area contributed by atoms with Gasteiger partial charge in [0.05, 0.1) is 6.42 Å². The Bertz CT molecular complexity index is 1040. The zero-order chi connectivity index (χ0) is 25.8. The highest BCUT2D eigenvalue weighted by Crippen LogP contribution is 2.44. The Labute approximate surface area is 200 Å². The van der Waals surface area contributed by atoms with Gasteiger partial charge in [0.2, 0.25) is 5.91 Å². The van der Waals surface area contributed by atoms with Gasteiger partial charge in [-0.3, -0.25) is 4.79 Å². The number of halogens is 3. The van der Waals surface area contributed by atoms with E-state index in [4.69, 9.17) is 4.74 Å². The summed E-state index contributed by atoms with van der Waals surface area (Å²) in [7, 11) is 0. The predicted molar refractivity (Wildman–Crippen MR) is 122 cm³/mol. The van der Waals surface area contributed by atoms with E-state index in [1.807, 2.05) is 53.8 Å². The van der Waals surface area contributed by atoms with Crippen molar-refractivity contribution < 1.29 is 37.4 Å². The lowest BCUT2D eigenvalue weighted by atomic mass is 9.98. The molecule has 0 bridgehead atoms. The minimum Gasteiger partial charge on any atom is -0.480 e. The maximum Gasteiger partial charge on any atom is 0.407 e. The Morgan fingerprint density at radius 3 is 1.97 bits per heavy atom. The van der Waals surface area contributed by atoms with Gasteiger partial charge in [-0.15, -0.1) is 0 Å². The van der Waals surface area contributed by atoms with Crippen LogP contribution in [0.1, 0.15) is 43.7 Å². The van der Waals surface area contributed by atoms with Crippen molar-refractivity contribution in [3.05, 3.63) is 59.7 Å². The molecule has 0 aromatic heterocycles. The molecule has 2 aromatic rings. The molecule has 0 aliphatic heterocycles. The summed E-state index contributed by atoms with van der Waals surface area (Å²) in [5.41, 5.74) is 3.81. The highest BCUT2D eigenvalue weighted by atomic mass is 19.4. The van der Waals surface area contributed by atoms with Gasteiger partial charge in [-0.05, 0) is 34.6 Å². The molecule has 0 fully saturated rings. The summed E-state index contributed by atoms with van der Waals surface area (Å²) in [5, 5.41) is 13.3. The molecule has 0 saturated carbocycles. The number of hydrogen-bond donors (Lipinski definition) is 3. The van der Waals surface area contributed by atoms with Gasteiger partial charge in [0, 0.05) is 5.92 Å². The van der Waals surface area contributed by atoms with E-state index >= 15 is 0 Å². The Hall–Kier alpha value is -3.56. The van der Waals surface area contributed by atoms with Crippen molar-refractivity contribution in [3.63, 3.8) is 0 Å². The van der Waals surface area contributed by atoms with Gasteiger partial charge >= 0.3 is 18.2 Å². The third-order valence-corrected chi connectivity index (χ3v) is 5.71. The molecule has 188 valence electrons. The average molecular weight is 492 g/mol. The first-order valence-electron chi connectivity index (χ1n) is 11.2. The van der Waals surface area contributed by atoms with E-state index < -0.39 is 42.7 Å². The number of carbonyl (C=O) groups excluding carboxylic acids is 2. The monoisotopic (exact) mass is 492 g/mol. The quantitative estimate of drug-likeness (QED) is 0.479. The van der Waals surface area contributed by atoms with Gasteiger partial charge < -0.3 is 20.5 Å². The molecule has 1 aliphatic rings. The molecule has 2 aromatic carbocycles. The summed E-state index contributed by atoms with van der Waals surface area (Å²) in [6.07, 6.45) is -7.64. The van der Waals surface area contributed by atoms with Crippen LogP contribution in [0.5, 0.6) is 0 Å². The summed E-state index contributed by atoms with van der Waals surface area (Å²) in [5.74, 6) is -3.07. The maximum absolute atomic E-state index is 13.1. The topological polar surface area (TPSA) is 105 Å². The van der Waals surface area contributed by atoms with Crippen LogP contribution < -0.4 is 10.6 Å². The molecule has 0 heterocycles. The van der Waals surface area contributed by atoms with Gasteiger partial charge in [0.25, 0.3) is 0 Å². The normalized spacial score (nSPS) is 14.6. The number of benzene rings is 2. The molecule has 0 saturated heterocycles. The predicted octanol–water partition coefficient (Wildman–Crippen LogP) is 4.46. The first-order chi connectivity index (χ1) is 16.5. The number of alkyl halides is 3. The minimum atomic E-state index is -4.78. The Kier molecular flexibility index (Phi) is 8.03. The molecular formula is C25H27F3N2O5. The largest absolute Gasteiger partial charge is 0.480 e. The van der Waals surface area contributed by atoms with Gasteiger partial charge in [-0.25, -0.2) is 9.59 Å². The summed E-state index contributed by atoms with van der Waals surface area (Å²) in [6.45, 7) is 3.28. The van der Waals surface area contributed by atoms with Crippen LogP contribution in [0.2, 0.25) is 0 Å². The van der Waals surface area contributed by atoms with E-state index in [-0.39, 0.29) is 24.9 Å². The van der Waals surface area contributed by atoms with Crippen LogP contribution in [0.25, 0.3) is 11.1 Å². The molecular weight excluding hydrogens is 465 g/mol. The van der Waals surface area contributed by atoms with E-state index in [0.29, 0.717) is 0 Å². The average Bonchev–Trinajstić information content (AvgIpc) is 3.09. The molecule has 7 nitrogen and oxygen atoms in total. The van der Waals surface area contributed by atoms with E-state index in [9.17, 15) is 32.7 Å². The van der Waals surface area contributed by atoms with Crippen LogP contribution in [0.15, 0.2) is 48.5 Å². The van der Waals surface area contributed by atoms with E-state index in [1.165, 1.54) is 0 Å². The van der Waals surface area contributed by atoms with Crippen molar-refractivity contribution in [3.8, 4) is 11.1 Å². The van der Waals surface area contributed by atoms with Gasteiger partial charge in [0.15, 0.2) is 0 Å². The molecule has 35 heavy (non-hydrogen) atoms. The van der Waals surface area contributed by atoms with Crippen LogP contribution in [0.3, 0.4) is 0 Å². The zero-order valence-corrected chi connectivity index (χ0v) is 19.3. The van der Waals surface area contributed by atoms with Gasteiger partial charge in [-0.1, -0.05) is 62.4 Å². The minimum absolute atomic E-state index is 0.0186. The number of nitrogens with one attached hydrogen (secondary N) is 2. The molecule has 0 radical (unpaired) electrons. The molecule has 2 atom stereocenters. The number of aliphatic carboxylic acids is 1. The number of fused-ring (bicyclic) bond motifs is 3. The van der Waals surface area contributed by atoms with E-state index in [1.54, 1.807) is 13.8 Å². The summed E-state index contributed by atoms with van der Waals surface area (Å²) in [6, 6.07) is 11.7. The SMILES string of the molecule is CC(C)C[C@H](NC(=O)C(CC(F)(F)F)NC(=O)OCC1c2ccccc2-c2ccccc21)C(=O)O. The van der Waals surface area contributed by atoms with Crippen molar-refractivity contribution in [2.75, 3.05) is 6.61 Å². The highest BCUT2D eigenvalue weighted by molar-refractivity contribution is 5.89. The van der Waals surface area contributed by atoms with Crippen LogP contribution in [-0.4, -0.2) is 47.9 Å². The molecule has 10 heteroatoms. The number of carboxylic acid groups (broad SMARTS) is 1. The van der Waals surface area contributed by atoms with Crippen molar-refractivity contribution in [2.24, 2.45) is 5.92 Å². The molecule has 1 unspecified atom stereocenters. The molecule has 2 amide bonds. The molecule has 1 aliphatic carbocycles. The van der Waals surface area contributed by atoms with Crippen LogP contribution in [-0.2, 0) is 14.3 Å². The van der Waals surface area contributed by atoms with Crippen molar-refractivity contribution >= 4 is 18.0 Å². The van der Waals surface area contributed by atoms with Gasteiger partial charge in [0.1, 0.15) is 18.7 Å². The van der Waals surface area contributed by atoms with E-state index in [2.05, 4.69) is 5.32 Å². The van der Waals surface area contributed by atoms with Crippen LogP contribution >= 0.6 is 0 Å². The Balaban J connectivity index is 1.69. The highest BCUT2D eigenvalue weighted by Gasteiger charge is 2.38. The smallest absolute Gasteiger partial charge is 0.407 e. The van der Waals surface area contributed by atoms with Crippen molar-refractivity contribution in [2.45, 2.75) is 50.9 Å². The fourth-order valence-corrected chi connectivity index (χ4v) is 4.19. The molecule has 3 N–H and O–H groups in total.